The van der Waals surface area contributed by atoms with Gasteiger partial charge in [-0.25, -0.2) is 4.98 Å². The Bertz CT molecular complexity index is 635. The van der Waals surface area contributed by atoms with Gasteiger partial charge in [0.15, 0.2) is 0 Å². The lowest BCUT2D eigenvalue weighted by atomic mass is 9.93. The standard InChI is InChI=1S/C19H27N5O/c1-16(12-24-15-20-14-21-24)22-19(25)11-17-7-9-23(10-8-17)13-18-5-3-2-4-6-18/h2-6,14-17H,7-13H2,1H3,(H,22,25)/t16-/m1/s1. The summed E-state index contributed by atoms with van der Waals surface area (Å²) >= 11 is 0. The number of hydrogen-bond acceptors (Lipinski definition) is 4. The number of likely N-dealkylation sites (tertiary alicyclic amines) is 1. The van der Waals surface area contributed by atoms with Crippen LogP contribution in [0.2, 0.25) is 0 Å². The Morgan fingerprint density at radius 1 is 1.28 bits per heavy atom. The highest BCUT2D eigenvalue weighted by Gasteiger charge is 2.22. The van der Waals surface area contributed by atoms with E-state index in [1.165, 1.54) is 11.9 Å². The van der Waals surface area contributed by atoms with Crippen LogP contribution in [0.25, 0.3) is 0 Å². The van der Waals surface area contributed by atoms with E-state index in [4.69, 9.17) is 0 Å². The maximum Gasteiger partial charge on any atom is 0.220 e. The molecule has 0 aliphatic carbocycles. The molecular formula is C19H27N5O. The van der Waals surface area contributed by atoms with Crippen molar-refractivity contribution in [2.45, 2.75) is 45.3 Å². The molecule has 1 aliphatic heterocycles. The highest BCUT2D eigenvalue weighted by molar-refractivity contribution is 5.76. The third kappa shape index (κ3) is 5.67. The maximum atomic E-state index is 12.3. The van der Waals surface area contributed by atoms with Gasteiger partial charge in [0, 0.05) is 19.0 Å². The first-order valence-electron chi connectivity index (χ1n) is 9.07. The van der Waals surface area contributed by atoms with E-state index >= 15 is 0 Å². The number of carbonyl (C=O) groups excluding carboxylic acids is 1. The molecule has 1 saturated heterocycles. The molecular weight excluding hydrogens is 314 g/mol. The summed E-state index contributed by atoms with van der Waals surface area (Å²) in [5, 5.41) is 7.15. The summed E-state index contributed by atoms with van der Waals surface area (Å²) in [6.45, 7) is 5.81. The van der Waals surface area contributed by atoms with Gasteiger partial charge in [0.2, 0.25) is 5.91 Å². The molecule has 0 spiro atoms. The minimum atomic E-state index is 0.0624. The van der Waals surface area contributed by atoms with E-state index in [1.807, 2.05) is 6.92 Å². The van der Waals surface area contributed by atoms with Crippen molar-refractivity contribution < 1.29 is 4.79 Å². The van der Waals surface area contributed by atoms with E-state index in [0.717, 1.165) is 32.5 Å². The highest BCUT2D eigenvalue weighted by atomic mass is 16.1. The third-order valence-corrected chi connectivity index (χ3v) is 4.77. The van der Waals surface area contributed by atoms with Gasteiger partial charge in [-0.2, -0.15) is 5.10 Å². The molecule has 2 heterocycles. The van der Waals surface area contributed by atoms with Crippen LogP contribution in [0.1, 0.15) is 31.7 Å². The number of nitrogens with zero attached hydrogens (tertiary/aromatic N) is 4. The second-order valence-corrected chi connectivity index (χ2v) is 7.00. The largest absolute Gasteiger partial charge is 0.352 e. The fourth-order valence-corrected chi connectivity index (χ4v) is 3.44. The van der Waals surface area contributed by atoms with Gasteiger partial charge in [-0.05, 0) is 44.3 Å². The molecule has 0 bridgehead atoms. The fourth-order valence-electron chi connectivity index (χ4n) is 3.44. The van der Waals surface area contributed by atoms with Gasteiger partial charge in [0.1, 0.15) is 12.7 Å². The van der Waals surface area contributed by atoms with E-state index in [1.54, 1.807) is 11.0 Å². The highest BCUT2D eigenvalue weighted by Crippen LogP contribution is 2.21. The van der Waals surface area contributed by atoms with E-state index in [0.29, 0.717) is 18.9 Å². The molecule has 1 fully saturated rings. The smallest absolute Gasteiger partial charge is 0.220 e. The van der Waals surface area contributed by atoms with Crippen molar-refractivity contribution in [3.63, 3.8) is 0 Å². The van der Waals surface area contributed by atoms with Gasteiger partial charge in [-0.15, -0.1) is 0 Å². The van der Waals surface area contributed by atoms with Crippen LogP contribution < -0.4 is 5.32 Å². The number of benzene rings is 1. The molecule has 3 rings (SSSR count). The molecule has 0 saturated carbocycles. The van der Waals surface area contributed by atoms with Gasteiger partial charge in [0.25, 0.3) is 0 Å². The summed E-state index contributed by atoms with van der Waals surface area (Å²) < 4.78 is 1.74. The first-order valence-corrected chi connectivity index (χ1v) is 9.07. The maximum absolute atomic E-state index is 12.3. The normalized spacial score (nSPS) is 17.3. The van der Waals surface area contributed by atoms with Crippen molar-refractivity contribution in [2.75, 3.05) is 13.1 Å². The third-order valence-electron chi connectivity index (χ3n) is 4.77. The second-order valence-electron chi connectivity index (χ2n) is 7.00. The van der Waals surface area contributed by atoms with E-state index in [9.17, 15) is 4.79 Å². The molecule has 1 aromatic heterocycles. The molecule has 134 valence electrons. The van der Waals surface area contributed by atoms with Gasteiger partial charge < -0.3 is 5.32 Å². The van der Waals surface area contributed by atoms with Crippen LogP contribution in [0, 0.1) is 5.92 Å². The second kappa shape index (κ2) is 8.76. The van der Waals surface area contributed by atoms with Crippen LogP contribution in [0.5, 0.6) is 0 Å². The minimum Gasteiger partial charge on any atom is -0.352 e. The summed E-state index contributed by atoms with van der Waals surface area (Å²) in [7, 11) is 0. The Morgan fingerprint density at radius 2 is 2.04 bits per heavy atom. The zero-order valence-electron chi connectivity index (χ0n) is 14.8. The first kappa shape index (κ1) is 17.6. The van der Waals surface area contributed by atoms with Crippen LogP contribution in [0.4, 0.5) is 0 Å². The lowest BCUT2D eigenvalue weighted by Gasteiger charge is -2.32. The van der Waals surface area contributed by atoms with Crippen LogP contribution in [0.3, 0.4) is 0 Å². The fraction of sp³-hybridized carbons (Fsp3) is 0.526. The number of piperidine rings is 1. The van der Waals surface area contributed by atoms with E-state index < -0.39 is 0 Å². The minimum absolute atomic E-state index is 0.0624. The Hall–Kier alpha value is -2.21. The molecule has 1 aromatic carbocycles. The molecule has 0 radical (unpaired) electrons. The number of hydrogen-bond donors (Lipinski definition) is 1. The van der Waals surface area contributed by atoms with Gasteiger partial charge in [-0.1, -0.05) is 30.3 Å². The zero-order chi connectivity index (χ0) is 17.5. The van der Waals surface area contributed by atoms with Crippen LogP contribution in [0.15, 0.2) is 43.0 Å². The van der Waals surface area contributed by atoms with Crippen molar-refractivity contribution in [2.24, 2.45) is 5.92 Å². The summed E-state index contributed by atoms with van der Waals surface area (Å²) in [5.41, 5.74) is 1.36. The van der Waals surface area contributed by atoms with E-state index in [-0.39, 0.29) is 11.9 Å². The van der Waals surface area contributed by atoms with Gasteiger partial charge in [0.05, 0.1) is 6.54 Å². The molecule has 25 heavy (non-hydrogen) atoms. The average Bonchev–Trinajstić information content (AvgIpc) is 3.10. The van der Waals surface area contributed by atoms with Crippen LogP contribution in [-0.4, -0.2) is 44.7 Å². The van der Waals surface area contributed by atoms with Crippen molar-refractivity contribution in [1.29, 1.82) is 0 Å². The number of nitrogens with one attached hydrogen (secondary N) is 1. The Morgan fingerprint density at radius 3 is 2.72 bits per heavy atom. The number of amides is 1. The van der Waals surface area contributed by atoms with Crippen LogP contribution >= 0.6 is 0 Å². The number of aromatic nitrogens is 3. The SMILES string of the molecule is C[C@H](Cn1cncn1)NC(=O)CC1CCN(Cc2ccccc2)CC1. The molecule has 1 amide bonds. The molecule has 6 nitrogen and oxygen atoms in total. The van der Waals surface area contributed by atoms with Gasteiger partial charge >= 0.3 is 0 Å². The van der Waals surface area contributed by atoms with Gasteiger partial charge in [-0.3, -0.25) is 14.4 Å². The number of rotatable bonds is 7. The Kier molecular flexibility index (Phi) is 6.17. The monoisotopic (exact) mass is 341 g/mol. The quantitative estimate of drug-likeness (QED) is 0.837. The van der Waals surface area contributed by atoms with Crippen molar-refractivity contribution in [3.05, 3.63) is 48.5 Å². The Labute approximate surface area is 149 Å². The zero-order valence-corrected chi connectivity index (χ0v) is 14.8. The number of carbonyl (C=O) groups is 1. The summed E-state index contributed by atoms with van der Waals surface area (Å²) in [6.07, 6.45) is 6.00. The first-order chi connectivity index (χ1) is 12.2. The average molecular weight is 341 g/mol. The summed E-state index contributed by atoms with van der Waals surface area (Å²) in [5.74, 6) is 0.639. The lowest BCUT2D eigenvalue weighted by molar-refractivity contribution is -0.123. The van der Waals surface area contributed by atoms with Crippen molar-refractivity contribution in [1.82, 2.24) is 25.0 Å². The van der Waals surface area contributed by atoms with E-state index in [2.05, 4.69) is 50.6 Å². The molecule has 6 heteroatoms. The topological polar surface area (TPSA) is 63.1 Å². The molecule has 1 aliphatic rings. The summed E-state index contributed by atoms with van der Waals surface area (Å²) in [6, 6.07) is 10.6. The summed E-state index contributed by atoms with van der Waals surface area (Å²) in [4.78, 5) is 18.7. The predicted molar refractivity (Wildman–Crippen MR) is 96.7 cm³/mol. The van der Waals surface area contributed by atoms with Crippen molar-refractivity contribution in [3.8, 4) is 0 Å². The lowest BCUT2D eigenvalue weighted by Crippen LogP contribution is -2.39. The predicted octanol–water partition coefficient (Wildman–Crippen LogP) is 2.09. The molecule has 1 atom stereocenters. The molecule has 1 N–H and O–H groups in total. The van der Waals surface area contributed by atoms with Crippen LogP contribution in [-0.2, 0) is 17.9 Å². The van der Waals surface area contributed by atoms with Crippen molar-refractivity contribution >= 4 is 5.91 Å². The Balaban J connectivity index is 1.36. The molecule has 2 aromatic rings. The molecule has 0 unspecified atom stereocenters.